The number of cyclic esters (lactones) is 1. The summed E-state index contributed by atoms with van der Waals surface area (Å²) in [6, 6.07) is 8.40. The van der Waals surface area contributed by atoms with Gasteiger partial charge in [-0.1, -0.05) is 0 Å². The van der Waals surface area contributed by atoms with E-state index in [-0.39, 0.29) is 19.0 Å². The molecule has 2 N–H and O–H groups in total. The number of hydrogen-bond donors (Lipinski definition) is 2. The lowest BCUT2D eigenvalue weighted by atomic mass is 10.2. The Balaban J connectivity index is 1.57. The van der Waals surface area contributed by atoms with E-state index >= 15 is 0 Å². The Labute approximate surface area is 156 Å². The van der Waals surface area contributed by atoms with Crippen molar-refractivity contribution in [1.82, 2.24) is 10.3 Å². The molecule has 1 saturated heterocycles. The smallest absolute Gasteiger partial charge is 0.414 e. The molecule has 142 valence electrons. The van der Waals surface area contributed by atoms with Gasteiger partial charge >= 0.3 is 6.09 Å². The molecule has 27 heavy (non-hydrogen) atoms. The van der Waals surface area contributed by atoms with Crippen LogP contribution in [0.15, 0.2) is 42.7 Å². The zero-order valence-corrected chi connectivity index (χ0v) is 14.9. The number of rotatable bonds is 7. The fourth-order valence-electron chi connectivity index (χ4n) is 2.80. The number of anilines is 2. The van der Waals surface area contributed by atoms with E-state index in [1.165, 1.54) is 17.9 Å². The normalized spacial score (nSPS) is 16.1. The molecular formula is C19H21FN4O3. The summed E-state index contributed by atoms with van der Waals surface area (Å²) in [7, 11) is 0. The van der Waals surface area contributed by atoms with Crippen LogP contribution in [-0.2, 0) is 16.0 Å². The second-order valence-electron chi connectivity index (χ2n) is 6.25. The molecule has 1 aromatic carbocycles. The topological polar surface area (TPSA) is 83.6 Å². The Kier molecular flexibility index (Phi) is 5.85. The zero-order valence-electron chi connectivity index (χ0n) is 14.9. The summed E-state index contributed by atoms with van der Waals surface area (Å²) in [4.78, 5) is 28.3. The Bertz CT molecular complexity index is 816. The number of nitrogens with zero attached hydrogens (tertiary/aromatic N) is 2. The van der Waals surface area contributed by atoms with Crippen LogP contribution in [0, 0.1) is 5.82 Å². The largest absolute Gasteiger partial charge is 0.442 e. The van der Waals surface area contributed by atoms with Gasteiger partial charge in [-0.25, -0.2) is 9.18 Å². The quantitative estimate of drug-likeness (QED) is 0.779. The van der Waals surface area contributed by atoms with Gasteiger partial charge in [0.1, 0.15) is 11.9 Å². The third-order valence-corrected chi connectivity index (χ3v) is 4.20. The van der Waals surface area contributed by atoms with Crippen molar-refractivity contribution in [2.24, 2.45) is 0 Å². The molecule has 3 rings (SSSR count). The average molecular weight is 372 g/mol. The van der Waals surface area contributed by atoms with Crippen molar-refractivity contribution in [1.29, 1.82) is 0 Å². The maximum Gasteiger partial charge on any atom is 0.414 e. The van der Waals surface area contributed by atoms with Crippen LogP contribution in [0.2, 0.25) is 0 Å². The van der Waals surface area contributed by atoms with E-state index < -0.39 is 18.0 Å². The SMILES string of the molecule is CC(=O)NCC1CN(c2ccc(NCCc3ccncc3)c(F)c2)C(=O)O1. The summed E-state index contributed by atoms with van der Waals surface area (Å²) in [5, 5.41) is 5.66. The first-order chi connectivity index (χ1) is 13.0. The van der Waals surface area contributed by atoms with Gasteiger partial charge in [-0.3, -0.25) is 14.7 Å². The van der Waals surface area contributed by atoms with Gasteiger partial charge in [-0.2, -0.15) is 0 Å². The van der Waals surface area contributed by atoms with Crippen molar-refractivity contribution >= 4 is 23.4 Å². The molecule has 1 aliphatic rings. The van der Waals surface area contributed by atoms with E-state index in [1.807, 2.05) is 12.1 Å². The number of aromatic nitrogens is 1. The van der Waals surface area contributed by atoms with Crippen molar-refractivity contribution in [2.45, 2.75) is 19.4 Å². The van der Waals surface area contributed by atoms with Crippen molar-refractivity contribution in [3.63, 3.8) is 0 Å². The molecule has 8 heteroatoms. The molecule has 0 bridgehead atoms. The van der Waals surface area contributed by atoms with Crippen LogP contribution in [0.25, 0.3) is 0 Å². The fraction of sp³-hybridized carbons (Fsp3) is 0.316. The first kappa shape index (κ1) is 18.6. The third kappa shape index (κ3) is 4.93. The van der Waals surface area contributed by atoms with Crippen molar-refractivity contribution in [2.75, 3.05) is 29.9 Å². The van der Waals surface area contributed by atoms with Gasteiger partial charge in [0.05, 0.1) is 24.5 Å². The van der Waals surface area contributed by atoms with E-state index in [1.54, 1.807) is 24.5 Å². The monoisotopic (exact) mass is 372 g/mol. The highest BCUT2D eigenvalue weighted by Crippen LogP contribution is 2.26. The number of benzene rings is 1. The molecule has 1 aromatic heterocycles. The lowest BCUT2D eigenvalue weighted by Gasteiger charge is -2.15. The molecule has 2 aromatic rings. The molecule has 0 spiro atoms. The van der Waals surface area contributed by atoms with Crippen LogP contribution < -0.4 is 15.5 Å². The molecule has 1 unspecified atom stereocenters. The predicted octanol–water partition coefficient (Wildman–Crippen LogP) is 2.34. The number of pyridine rings is 1. The molecule has 0 saturated carbocycles. The van der Waals surface area contributed by atoms with Crippen LogP contribution >= 0.6 is 0 Å². The molecule has 2 heterocycles. The minimum atomic E-state index is -0.553. The highest BCUT2D eigenvalue weighted by Gasteiger charge is 2.32. The van der Waals surface area contributed by atoms with Crippen molar-refractivity contribution < 1.29 is 18.7 Å². The van der Waals surface area contributed by atoms with Gasteiger partial charge in [0.25, 0.3) is 0 Å². The number of halogens is 1. The lowest BCUT2D eigenvalue weighted by molar-refractivity contribution is -0.119. The Morgan fingerprint density at radius 1 is 1.33 bits per heavy atom. The summed E-state index contributed by atoms with van der Waals surface area (Å²) in [6.07, 6.45) is 3.18. The van der Waals surface area contributed by atoms with Crippen LogP contribution in [0.5, 0.6) is 0 Å². The van der Waals surface area contributed by atoms with E-state index in [4.69, 9.17) is 4.74 Å². The molecule has 1 atom stereocenters. The summed E-state index contributed by atoms with van der Waals surface area (Å²) < 4.78 is 19.6. The fourth-order valence-corrected chi connectivity index (χ4v) is 2.80. The predicted molar refractivity (Wildman–Crippen MR) is 99.1 cm³/mol. The molecule has 7 nitrogen and oxygen atoms in total. The summed E-state index contributed by atoms with van der Waals surface area (Å²) in [5.41, 5.74) is 1.90. The number of hydrogen-bond acceptors (Lipinski definition) is 5. The summed E-state index contributed by atoms with van der Waals surface area (Å²) in [6.45, 7) is 2.46. The van der Waals surface area contributed by atoms with Gasteiger partial charge in [0.15, 0.2) is 0 Å². The Hall–Kier alpha value is -3.16. The van der Waals surface area contributed by atoms with Gasteiger partial charge in [-0.05, 0) is 42.3 Å². The van der Waals surface area contributed by atoms with E-state index in [2.05, 4.69) is 15.6 Å². The maximum atomic E-state index is 14.4. The zero-order chi connectivity index (χ0) is 19.2. The standard InChI is InChI=1S/C19H21FN4O3/c1-13(25)23-11-16-12-24(19(26)27-16)15-2-3-18(17(20)10-15)22-9-6-14-4-7-21-8-5-14/h2-5,7-8,10,16,22H,6,9,11-12H2,1H3,(H,23,25). The number of carbonyl (C=O) groups is 2. The van der Waals surface area contributed by atoms with Gasteiger partial charge in [-0.15, -0.1) is 0 Å². The van der Waals surface area contributed by atoms with Crippen LogP contribution in [0.3, 0.4) is 0 Å². The van der Waals surface area contributed by atoms with Gasteiger partial charge in [0.2, 0.25) is 5.91 Å². The second-order valence-corrected chi connectivity index (χ2v) is 6.25. The highest BCUT2D eigenvalue weighted by atomic mass is 19.1. The number of carbonyl (C=O) groups excluding carboxylic acids is 2. The minimum absolute atomic E-state index is 0.197. The summed E-state index contributed by atoms with van der Waals surface area (Å²) >= 11 is 0. The van der Waals surface area contributed by atoms with E-state index in [9.17, 15) is 14.0 Å². The van der Waals surface area contributed by atoms with Gasteiger partial charge < -0.3 is 15.4 Å². The number of amides is 2. The highest BCUT2D eigenvalue weighted by molar-refractivity contribution is 5.90. The third-order valence-electron chi connectivity index (χ3n) is 4.20. The van der Waals surface area contributed by atoms with E-state index in [0.717, 1.165) is 12.0 Å². The van der Waals surface area contributed by atoms with Crippen LogP contribution in [0.1, 0.15) is 12.5 Å². The lowest BCUT2D eigenvalue weighted by Crippen LogP contribution is -2.33. The first-order valence-corrected chi connectivity index (χ1v) is 8.68. The van der Waals surface area contributed by atoms with E-state index in [0.29, 0.717) is 17.9 Å². The van der Waals surface area contributed by atoms with Crippen LogP contribution in [-0.4, -0.2) is 42.7 Å². The van der Waals surface area contributed by atoms with Crippen LogP contribution in [0.4, 0.5) is 20.6 Å². The molecule has 1 fully saturated rings. The van der Waals surface area contributed by atoms with Crippen molar-refractivity contribution in [3.8, 4) is 0 Å². The molecule has 2 amide bonds. The molecular weight excluding hydrogens is 351 g/mol. The summed E-state index contributed by atoms with van der Waals surface area (Å²) in [5.74, 6) is -0.641. The molecule has 0 aliphatic carbocycles. The average Bonchev–Trinajstić information content (AvgIpc) is 3.03. The molecule has 1 aliphatic heterocycles. The number of nitrogens with one attached hydrogen (secondary N) is 2. The minimum Gasteiger partial charge on any atom is -0.442 e. The Morgan fingerprint density at radius 3 is 2.81 bits per heavy atom. The molecule has 0 radical (unpaired) electrons. The number of ether oxygens (including phenoxy) is 1. The Morgan fingerprint density at radius 2 is 2.11 bits per heavy atom. The van der Waals surface area contributed by atoms with Crippen molar-refractivity contribution in [3.05, 3.63) is 54.1 Å². The van der Waals surface area contributed by atoms with Gasteiger partial charge in [0, 0.05) is 25.9 Å². The maximum absolute atomic E-state index is 14.4. The second kappa shape index (κ2) is 8.48. The first-order valence-electron chi connectivity index (χ1n) is 8.68.